The molecule has 1 heterocycles. The molecule has 0 radical (unpaired) electrons. The molecule has 1 aromatic heterocycles. The van der Waals surface area contributed by atoms with E-state index in [4.69, 9.17) is 10.2 Å². The lowest BCUT2D eigenvalue weighted by Crippen LogP contribution is -1.90. The fourth-order valence-electron chi connectivity index (χ4n) is 1.34. The van der Waals surface area contributed by atoms with Crippen LogP contribution in [0.25, 0.3) is 11.3 Å². The number of benzene rings is 1. The maximum absolute atomic E-state index is 5.86. The van der Waals surface area contributed by atoms with Gasteiger partial charge >= 0.3 is 0 Å². The van der Waals surface area contributed by atoms with Gasteiger partial charge in [0.1, 0.15) is 5.76 Å². The highest BCUT2D eigenvalue weighted by atomic mass is 79.9. The number of hydrogen-bond donors (Lipinski definition) is 1. The van der Waals surface area contributed by atoms with E-state index in [1.54, 1.807) is 0 Å². The minimum atomic E-state index is 0.712. The van der Waals surface area contributed by atoms with E-state index in [1.165, 1.54) is 0 Å². The molecule has 0 saturated heterocycles. The molecular formula is C11H9Br2NO. The summed E-state index contributed by atoms with van der Waals surface area (Å²) in [7, 11) is 0. The van der Waals surface area contributed by atoms with Gasteiger partial charge in [0.2, 0.25) is 0 Å². The van der Waals surface area contributed by atoms with E-state index in [0.29, 0.717) is 4.67 Å². The van der Waals surface area contributed by atoms with E-state index in [2.05, 4.69) is 31.9 Å². The molecule has 15 heavy (non-hydrogen) atoms. The molecule has 2 rings (SSSR count). The van der Waals surface area contributed by atoms with Crippen LogP contribution in [0.2, 0.25) is 0 Å². The van der Waals surface area contributed by atoms with E-state index in [0.717, 1.165) is 27.0 Å². The smallest absolute Gasteiger partial charge is 0.169 e. The van der Waals surface area contributed by atoms with Crippen molar-refractivity contribution in [2.75, 3.05) is 5.73 Å². The summed E-state index contributed by atoms with van der Waals surface area (Å²) in [5, 5.41) is 0. The van der Waals surface area contributed by atoms with Crippen molar-refractivity contribution < 1.29 is 4.42 Å². The minimum absolute atomic E-state index is 0.712. The lowest BCUT2D eigenvalue weighted by atomic mass is 10.1. The zero-order valence-corrected chi connectivity index (χ0v) is 11.2. The summed E-state index contributed by atoms with van der Waals surface area (Å²) < 4.78 is 7.17. The average Bonchev–Trinajstić information content (AvgIpc) is 2.58. The van der Waals surface area contributed by atoms with Crippen molar-refractivity contribution in [1.29, 1.82) is 0 Å². The first kappa shape index (κ1) is 10.8. The van der Waals surface area contributed by atoms with Crippen LogP contribution in [0, 0.1) is 6.92 Å². The van der Waals surface area contributed by atoms with Gasteiger partial charge in [-0.1, -0.05) is 15.9 Å². The zero-order chi connectivity index (χ0) is 11.0. The molecule has 0 aliphatic carbocycles. The summed E-state index contributed by atoms with van der Waals surface area (Å²) in [5.41, 5.74) is 8.64. The Labute approximate surface area is 105 Å². The van der Waals surface area contributed by atoms with Gasteiger partial charge in [-0.3, -0.25) is 0 Å². The van der Waals surface area contributed by atoms with Crippen molar-refractivity contribution in [2.45, 2.75) is 6.92 Å². The first-order valence-corrected chi connectivity index (χ1v) is 5.98. The van der Waals surface area contributed by atoms with Gasteiger partial charge in [-0.15, -0.1) is 0 Å². The Kier molecular flexibility index (Phi) is 2.89. The number of furan rings is 1. The zero-order valence-electron chi connectivity index (χ0n) is 8.05. The van der Waals surface area contributed by atoms with Crippen molar-refractivity contribution in [1.82, 2.24) is 0 Å². The molecule has 78 valence electrons. The fourth-order valence-corrected chi connectivity index (χ4v) is 2.30. The van der Waals surface area contributed by atoms with Crippen LogP contribution in [0.4, 0.5) is 5.69 Å². The molecular weight excluding hydrogens is 322 g/mol. The number of nitrogens with two attached hydrogens (primary N) is 1. The third-order valence-electron chi connectivity index (χ3n) is 2.19. The van der Waals surface area contributed by atoms with Crippen molar-refractivity contribution in [3.63, 3.8) is 0 Å². The largest absolute Gasteiger partial charge is 0.449 e. The first-order valence-electron chi connectivity index (χ1n) is 4.39. The summed E-state index contributed by atoms with van der Waals surface area (Å²) in [6.07, 6.45) is 0. The number of aryl methyl sites for hydroxylation is 1. The SMILES string of the molecule is Cc1cc(Br)c(-c2ccc(Br)o2)cc1N. The molecule has 0 spiro atoms. The normalized spacial score (nSPS) is 10.6. The van der Waals surface area contributed by atoms with Gasteiger partial charge in [-0.2, -0.15) is 0 Å². The van der Waals surface area contributed by atoms with Gasteiger partial charge in [0, 0.05) is 15.7 Å². The monoisotopic (exact) mass is 329 g/mol. The summed E-state index contributed by atoms with van der Waals surface area (Å²) in [5.74, 6) is 0.792. The Hall–Kier alpha value is -0.740. The Bertz CT molecular complexity index is 505. The highest BCUT2D eigenvalue weighted by Gasteiger charge is 2.09. The summed E-state index contributed by atoms with van der Waals surface area (Å²) in [4.78, 5) is 0. The van der Waals surface area contributed by atoms with Crippen LogP contribution in [-0.4, -0.2) is 0 Å². The molecule has 2 N–H and O–H groups in total. The molecule has 4 heteroatoms. The summed E-state index contributed by atoms with van der Waals surface area (Å²) in [6.45, 7) is 1.97. The highest BCUT2D eigenvalue weighted by Crippen LogP contribution is 2.34. The number of halogens is 2. The molecule has 0 saturated carbocycles. The molecule has 0 atom stereocenters. The number of anilines is 1. The van der Waals surface area contributed by atoms with E-state index in [-0.39, 0.29) is 0 Å². The van der Waals surface area contributed by atoms with E-state index < -0.39 is 0 Å². The predicted molar refractivity (Wildman–Crippen MR) is 68.7 cm³/mol. The topological polar surface area (TPSA) is 39.2 Å². The maximum Gasteiger partial charge on any atom is 0.169 e. The highest BCUT2D eigenvalue weighted by molar-refractivity contribution is 9.10. The molecule has 2 nitrogen and oxygen atoms in total. The number of hydrogen-bond acceptors (Lipinski definition) is 2. The molecule has 0 aliphatic heterocycles. The Morgan fingerprint density at radius 3 is 2.53 bits per heavy atom. The van der Waals surface area contributed by atoms with Crippen LogP contribution in [0.5, 0.6) is 0 Å². The summed E-state index contributed by atoms with van der Waals surface area (Å²) >= 11 is 6.77. The third-order valence-corrected chi connectivity index (χ3v) is 3.28. The molecule has 0 unspecified atom stereocenters. The van der Waals surface area contributed by atoms with Crippen molar-refractivity contribution >= 4 is 37.5 Å². The van der Waals surface area contributed by atoms with E-state index in [1.807, 2.05) is 31.2 Å². The Morgan fingerprint density at radius 2 is 1.93 bits per heavy atom. The molecule has 2 aromatic rings. The maximum atomic E-state index is 5.86. The van der Waals surface area contributed by atoms with Gasteiger partial charge in [0.25, 0.3) is 0 Å². The van der Waals surface area contributed by atoms with Gasteiger partial charge in [0.15, 0.2) is 4.67 Å². The average molecular weight is 331 g/mol. The van der Waals surface area contributed by atoms with Gasteiger partial charge in [-0.25, -0.2) is 0 Å². The van der Waals surface area contributed by atoms with Crippen LogP contribution in [0.15, 0.2) is 37.8 Å². The first-order chi connectivity index (χ1) is 7.08. The quantitative estimate of drug-likeness (QED) is 0.789. The second-order valence-electron chi connectivity index (χ2n) is 3.29. The second-order valence-corrected chi connectivity index (χ2v) is 4.93. The number of rotatable bonds is 1. The van der Waals surface area contributed by atoms with Crippen molar-refractivity contribution in [2.24, 2.45) is 0 Å². The van der Waals surface area contributed by atoms with Crippen molar-refractivity contribution in [3.8, 4) is 11.3 Å². The van der Waals surface area contributed by atoms with E-state index >= 15 is 0 Å². The molecule has 0 amide bonds. The molecule has 1 aromatic carbocycles. The lowest BCUT2D eigenvalue weighted by Gasteiger charge is -2.05. The predicted octanol–water partition coefficient (Wildman–Crippen LogP) is 4.36. The fraction of sp³-hybridized carbons (Fsp3) is 0.0909. The van der Waals surface area contributed by atoms with Gasteiger partial charge in [0.05, 0.1) is 0 Å². The van der Waals surface area contributed by atoms with E-state index in [9.17, 15) is 0 Å². The molecule has 0 fully saturated rings. The van der Waals surface area contributed by atoms with Crippen LogP contribution in [0.3, 0.4) is 0 Å². The minimum Gasteiger partial charge on any atom is -0.449 e. The second kappa shape index (κ2) is 4.02. The lowest BCUT2D eigenvalue weighted by molar-refractivity contribution is 0.555. The third kappa shape index (κ3) is 2.11. The van der Waals surface area contributed by atoms with Crippen LogP contribution in [0.1, 0.15) is 5.56 Å². The van der Waals surface area contributed by atoms with Crippen molar-refractivity contribution in [3.05, 3.63) is 39.0 Å². The Balaban J connectivity index is 2.58. The van der Waals surface area contributed by atoms with Crippen LogP contribution < -0.4 is 5.73 Å². The Morgan fingerprint density at radius 1 is 1.20 bits per heavy atom. The van der Waals surface area contributed by atoms with Gasteiger partial charge < -0.3 is 10.2 Å². The van der Waals surface area contributed by atoms with Crippen LogP contribution in [-0.2, 0) is 0 Å². The summed E-state index contributed by atoms with van der Waals surface area (Å²) in [6, 6.07) is 7.66. The molecule has 0 aliphatic rings. The van der Waals surface area contributed by atoms with Gasteiger partial charge in [-0.05, 0) is 52.7 Å². The standard InChI is InChI=1S/C11H9Br2NO/c1-6-4-8(12)7(5-9(6)14)10-2-3-11(13)15-10/h2-5H,14H2,1H3. The van der Waals surface area contributed by atoms with Crippen LogP contribution >= 0.6 is 31.9 Å². The molecule has 0 bridgehead atoms. The number of nitrogen functional groups attached to an aromatic ring is 1.